The first-order chi connectivity index (χ1) is 4.88. The third-order valence-corrected chi connectivity index (χ3v) is 1.85. The summed E-state index contributed by atoms with van der Waals surface area (Å²) in [7, 11) is 0. The van der Waals surface area contributed by atoms with Gasteiger partial charge in [0.1, 0.15) is 0 Å². The van der Waals surface area contributed by atoms with E-state index >= 15 is 0 Å². The Labute approximate surface area is 61.1 Å². The number of hydrogen-bond acceptors (Lipinski definition) is 2. The van der Waals surface area contributed by atoms with E-state index in [0.717, 1.165) is 13.0 Å². The highest BCUT2D eigenvalue weighted by atomic mass is 16.3. The average Bonchev–Trinajstić information content (AvgIpc) is 2.04. The number of nitrogens with zero attached hydrogens (tertiary/aromatic N) is 1. The van der Waals surface area contributed by atoms with E-state index in [9.17, 15) is 0 Å². The summed E-state index contributed by atoms with van der Waals surface area (Å²) in [6.45, 7) is 0.957. The molecule has 0 aromatic carbocycles. The number of piperidine rings is 1. The normalized spacial score (nSPS) is 34.2. The van der Waals surface area contributed by atoms with Crippen molar-refractivity contribution in [3.63, 3.8) is 0 Å². The summed E-state index contributed by atoms with van der Waals surface area (Å²) in [5.74, 6) is 0.0822. The summed E-state index contributed by atoms with van der Waals surface area (Å²) in [5, 5.41) is 21.7. The fraction of sp³-hybridized carbons (Fsp3) is 0.857. The molecule has 0 bridgehead atoms. The lowest BCUT2D eigenvalue weighted by molar-refractivity contribution is 0.141. The molecular formula is C7H13NO2. The Bertz CT molecular complexity index is 85.6. The minimum absolute atomic E-state index is 0.0567. The third kappa shape index (κ3) is 1.68. The Kier molecular flexibility index (Phi) is 3.12. The Morgan fingerprint density at radius 2 is 2.20 bits per heavy atom. The van der Waals surface area contributed by atoms with Crippen molar-refractivity contribution in [1.29, 1.82) is 0 Å². The molecule has 0 aromatic heterocycles. The molecule has 1 saturated heterocycles. The predicted octanol–water partition coefficient (Wildman–Crippen LogP) is -0.832. The second-order valence-corrected chi connectivity index (χ2v) is 2.53. The van der Waals surface area contributed by atoms with E-state index in [1.807, 2.05) is 6.42 Å². The first-order valence-corrected chi connectivity index (χ1v) is 3.60. The van der Waals surface area contributed by atoms with Crippen LogP contribution < -0.4 is 5.32 Å². The van der Waals surface area contributed by atoms with Gasteiger partial charge in [0.15, 0.2) is 0 Å². The van der Waals surface area contributed by atoms with Gasteiger partial charge in [-0.1, -0.05) is 0 Å². The van der Waals surface area contributed by atoms with Gasteiger partial charge < -0.3 is 10.2 Å². The summed E-state index contributed by atoms with van der Waals surface area (Å²) >= 11 is 0. The maximum Gasteiger partial charge on any atom is 0.0604 e. The van der Waals surface area contributed by atoms with Crippen LogP contribution >= 0.6 is 0 Å². The van der Waals surface area contributed by atoms with E-state index in [2.05, 4.69) is 5.32 Å². The SMILES string of the molecule is OCC1[CH]CC[N]C1CO. The molecule has 0 spiro atoms. The van der Waals surface area contributed by atoms with E-state index in [0.29, 0.717) is 0 Å². The van der Waals surface area contributed by atoms with Crippen molar-refractivity contribution in [3.05, 3.63) is 6.42 Å². The second kappa shape index (κ2) is 3.91. The predicted molar refractivity (Wildman–Crippen MR) is 37.4 cm³/mol. The van der Waals surface area contributed by atoms with Gasteiger partial charge in [-0.05, 0) is 12.8 Å². The molecule has 10 heavy (non-hydrogen) atoms. The monoisotopic (exact) mass is 143 g/mol. The lowest BCUT2D eigenvalue weighted by Crippen LogP contribution is -2.40. The van der Waals surface area contributed by atoms with Crippen LogP contribution in [0.25, 0.3) is 0 Å². The fourth-order valence-electron chi connectivity index (χ4n) is 1.21. The van der Waals surface area contributed by atoms with Crippen molar-refractivity contribution in [2.24, 2.45) is 5.92 Å². The first-order valence-electron chi connectivity index (χ1n) is 3.60. The van der Waals surface area contributed by atoms with E-state index in [-0.39, 0.29) is 25.2 Å². The van der Waals surface area contributed by atoms with Crippen LogP contribution in [0.2, 0.25) is 0 Å². The molecule has 0 aromatic rings. The van der Waals surface area contributed by atoms with Crippen LogP contribution in [0.15, 0.2) is 0 Å². The summed E-state index contributed by atoms with van der Waals surface area (Å²) < 4.78 is 0. The highest BCUT2D eigenvalue weighted by molar-refractivity contribution is 4.90. The molecular weight excluding hydrogens is 130 g/mol. The summed E-state index contributed by atoms with van der Waals surface area (Å²) in [6.07, 6.45) is 2.97. The number of aliphatic hydroxyl groups is 2. The molecule has 0 aliphatic carbocycles. The molecule has 2 atom stereocenters. The van der Waals surface area contributed by atoms with E-state index < -0.39 is 0 Å². The fourth-order valence-corrected chi connectivity index (χ4v) is 1.21. The zero-order chi connectivity index (χ0) is 7.40. The van der Waals surface area contributed by atoms with Crippen molar-refractivity contribution in [1.82, 2.24) is 5.32 Å². The number of hydrogen-bond donors (Lipinski definition) is 2. The zero-order valence-corrected chi connectivity index (χ0v) is 5.90. The molecule has 58 valence electrons. The average molecular weight is 143 g/mol. The molecule has 1 fully saturated rings. The number of aliphatic hydroxyl groups excluding tert-OH is 2. The summed E-state index contributed by atoms with van der Waals surface area (Å²) in [4.78, 5) is 0. The maximum atomic E-state index is 8.79. The van der Waals surface area contributed by atoms with Crippen molar-refractivity contribution < 1.29 is 10.2 Å². The zero-order valence-electron chi connectivity index (χ0n) is 5.90. The first kappa shape index (κ1) is 7.98. The smallest absolute Gasteiger partial charge is 0.0604 e. The topological polar surface area (TPSA) is 54.6 Å². The molecule has 2 radical (unpaired) electrons. The molecule has 2 unspecified atom stereocenters. The lowest BCUT2D eigenvalue weighted by Gasteiger charge is -2.27. The molecule has 0 amide bonds. The molecule has 3 nitrogen and oxygen atoms in total. The summed E-state index contributed by atoms with van der Waals surface area (Å²) in [5.41, 5.74) is 0. The van der Waals surface area contributed by atoms with Gasteiger partial charge in [-0.2, -0.15) is 0 Å². The lowest BCUT2D eigenvalue weighted by atomic mass is 9.92. The van der Waals surface area contributed by atoms with E-state index in [1.165, 1.54) is 0 Å². The third-order valence-electron chi connectivity index (χ3n) is 1.85. The van der Waals surface area contributed by atoms with E-state index in [4.69, 9.17) is 10.2 Å². The molecule has 3 heteroatoms. The van der Waals surface area contributed by atoms with Gasteiger partial charge in [0.05, 0.1) is 12.6 Å². The van der Waals surface area contributed by atoms with Gasteiger partial charge in [-0.25, -0.2) is 5.32 Å². The largest absolute Gasteiger partial charge is 0.396 e. The standard InChI is InChI=1S/C7H13NO2/c9-4-6-2-1-3-8-7(6)5-10/h2,6-7,9-10H,1,3-5H2. The molecule has 1 rings (SSSR count). The molecule has 1 aliphatic rings. The van der Waals surface area contributed by atoms with Crippen LogP contribution in [0.3, 0.4) is 0 Å². The minimum atomic E-state index is -0.0567. The molecule has 1 heterocycles. The van der Waals surface area contributed by atoms with Crippen molar-refractivity contribution in [3.8, 4) is 0 Å². The van der Waals surface area contributed by atoms with Gasteiger partial charge in [-0.3, -0.25) is 0 Å². The Hall–Kier alpha value is -0.120. The van der Waals surface area contributed by atoms with Gasteiger partial charge in [0.2, 0.25) is 0 Å². The van der Waals surface area contributed by atoms with Crippen molar-refractivity contribution in [2.45, 2.75) is 12.5 Å². The van der Waals surface area contributed by atoms with Crippen LogP contribution in [0, 0.1) is 12.3 Å². The number of rotatable bonds is 2. The van der Waals surface area contributed by atoms with Crippen LogP contribution in [0.5, 0.6) is 0 Å². The molecule has 2 N–H and O–H groups in total. The second-order valence-electron chi connectivity index (χ2n) is 2.53. The molecule has 1 aliphatic heterocycles. The quantitative estimate of drug-likeness (QED) is 0.530. The van der Waals surface area contributed by atoms with Crippen LogP contribution in [0.1, 0.15) is 6.42 Å². The van der Waals surface area contributed by atoms with E-state index in [1.54, 1.807) is 0 Å². The Balaban J connectivity index is 2.34. The van der Waals surface area contributed by atoms with Gasteiger partial charge in [0.25, 0.3) is 0 Å². The van der Waals surface area contributed by atoms with Gasteiger partial charge in [-0.15, -0.1) is 0 Å². The Morgan fingerprint density at radius 3 is 2.70 bits per heavy atom. The van der Waals surface area contributed by atoms with Gasteiger partial charge >= 0.3 is 0 Å². The van der Waals surface area contributed by atoms with Crippen molar-refractivity contribution >= 4 is 0 Å². The maximum absolute atomic E-state index is 8.79. The van der Waals surface area contributed by atoms with Gasteiger partial charge in [0, 0.05) is 19.1 Å². The van der Waals surface area contributed by atoms with Crippen LogP contribution in [-0.2, 0) is 0 Å². The van der Waals surface area contributed by atoms with Crippen LogP contribution in [-0.4, -0.2) is 36.0 Å². The molecule has 0 saturated carbocycles. The highest BCUT2D eigenvalue weighted by Crippen LogP contribution is 2.14. The van der Waals surface area contributed by atoms with Crippen LogP contribution in [0.4, 0.5) is 0 Å². The Morgan fingerprint density at radius 1 is 1.40 bits per heavy atom. The summed E-state index contributed by atoms with van der Waals surface area (Å²) in [6, 6.07) is -0.0567. The highest BCUT2D eigenvalue weighted by Gasteiger charge is 2.24. The minimum Gasteiger partial charge on any atom is -0.396 e. The van der Waals surface area contributed by atoms with Crippen molar-refractivity contribution in [2.75, 3.05) is 19.8 Å².